The number of likely N-dealkylation sites (tertiary alicyclic amines) is 1. The van der Waals surface area contributed by atoms with Crippen molar-refractivity contribution >= 4 is 5.65 Å². The molecule has 3 aromatic rings. The zero-order valence-electron chi connectivity index (χ0n) is 15.1. The summed E-state index contributed by atoms with van der Waals surface area (Å²) in [5.74, 6) is -2.25. The molecule has 2 aromatic heterocycles. The van der Waals surface area contributed by atoms with Crippen LogP contribution in [0.25, 0.3) is 5.65 Å². The van der Waals surface area contributed by atoms with Crippen LogP contribution in [0, 0.1) is 11.6 Å². The molecule has 0 spiro atoms. The molecule has 1 unspecified atom stereocenters. The van der Waals surface area contributed by atoms with E-state index in [2.05, 4.69) is 10.2 Å². The van der Waals surface area contributed by atoms with E-state index >= 15 is 0 Å². The highest BCUT2D eigenvalue weighted by Crippen LogP contribution is 2.32. The Bertz CT molecular complexity index is 1050. The molecule has 0 aliphatic carbocycles. The van der Waals surface area contributed by atoms with Gasteiger partial charge in [0.25, 0.3) is 0 Å². The minimum Gasteiger partial charge on any atom is -0.505 e. The number of alkyl halides is 3. The molecule has 1 aromatic carbocycles. The SMILES string of the molecule is Oc1ccc(F)c(CN2CCCC(c3nnc4ccc(C(F)(F)F)cn34)C2)c1F. The number of phenolic OH excluding ortho intramolecular Hbond substituents is 1. The van der Waals surface area contributed by atoms with Crippen molar-refractivity contribution < 1.29 is 27.1 Å². The van der Waals surface area contributed by atoms with Gasteiger partial charge in [0.1, 0.15) is 11.6 Å². The lowest BCUT2D eigenvalue weighted by Crippen LogP contribution is -2.35. The normalized spacial score (nSPS) is 18.4. The lowest BCUT2D eigenvalue weighted by molar-refractivity contribution is -0.137. The van der Waals surface area contributed by atoms with E-state index < -0.39 is 29.1 Å². The standard InChI is InChI=1S/C19H17F5N4O/c20-14-4-5-15(29)17(21)13(14)10-27-7-1-2-11(8-27)18-26-25-16-6-3-12(9-28(16)18)19(22,23)24/h3-6,9,11,29H,1-2,7-8,10H2. The first-order valence-corrected chi connectivity index (χ1v) is 9.04. The highest BCUT2D eigenvalue weighted by molar-refractivity contribution is 5.41. The number of halogens is 5. The molecule has 0 radical (unpaired) electrons. The number of hydrogen-bond acceptors (Lipinski definition) is 4. The van der Waals surface area contributed by atoms with Crippen LogP contribution in [0.2, 0.25) is 0 Å². The average molecular weight is 412 g/mol. The quantitative estimate of drug-likeness (QED) is 0.658. The zero-order chi connectivity index (χ0) is 20.8. The van der Waals surface area contributed by atoms with E-state index in [0.29, 0.717) is 37.4 Å². The van der Waals surface area contributed by atoms with Crippen LogP contribution in [-0.2, 0) is 12.7 Å². The molecule has 4 rings (SSSR count). The van der Waals surface area contributed by atoms with Gasteiger partial charge in [-0.3, -0.25) is 9.30 Å². The predicted molar refractivity (Wildman–Crippen MR) is 93.3 cm³/mol. The number of hydrogen-bond donors (Lipinski definition) is 1. The Morgan fingerprint density at radius 3 is 2.66 bits per heavy atom. The number of piperidine rings is 1. The van der Waals surface area contributed by atoms with Gasteiger partial charge >= 0.3 is 6.18 Å². The van der Waals surface area contributed by atoms with Crippen molar-refractivity contribution in [2.24, 2.45) is 0 Å². The van der Waals surface area contributed by atoms with Crippen molar-refractivity contribution in [3.63, 3.8) is 0 Å². The van der Waals surface area contributed by atoms with Crippen molar-refractivity contribution in [2.45, 2.75) is 31.5 Å². The summed E-state index contributed by atoms with van der Waals surface area (Å²) >= 11 is 0. The number of fused-ring (bicyclic) bond motifs is 1. The van der Waals surface area contributed by atoms with Crippen LogP contribution < -0.4 is 0 Å². The lowest BCUT2D eigenvalue weighted by atomic mass is 9.96. The van der Waals surface area contributed by atoms with Gasteiger partial charge in [0.05, 0.1) is 5.56 Å². The van der Waals surface area contributed by atoms with Crippen LogP contribution >= 0.6 is 0 Å². The summed E-state index contributed by atoms with van der Waals surface area (Å²) < 4.78 is 68.6. The lowest BCUT2D eigenvalue weighted by Gasteiger charge is -2.32. The molecule has 1 fully saturated rings. The highest BCUT2D eigenvalue weighted by Gasteiger charge is 2.32. The number of nitrogens with zero attached hydrogens (tertiary/aromatic N) is 4. The molecule has 1 saturated heterocycles. The van der Waals surface area contributed by atoms with E-state index in [9.17, 15) is 27.1 Å². The van der Waals surface area contributed by atoms with Gasteiger partial charge in [-0.25, -0.2) is 8.78 Å². The maximum absolute atomic E-state index is 14.1. The zero-order valence-corrected chi connectivity index (χ0v) is 15.1. The number of rotatable bonds is 3. The summed E-state index contributed by atoms with van der Waals surface area (Å²) in [6.45, 7) is 0.855. The van der Waals surface area contributed by atoms with Crippen LogP contribution in [0.5, 0.6) is 5.75 Å². The van der Waals surface area contributed by atoms with Crippen LogP contribution in [0.4, 0.5) is 22.0 Å². The smallest absolute Gasteiger partial charge is 0.417 e. The number of aromatic nitrogens is 3. The minimum absolute atomic E-state index is 0.0624. The molecule has 0 bridgehead atoms. The van der Waals surface area contributed by atoms with Crippen LogP contribution in [0.1, 0.15) is 35.7 Å². The summed E-state index contributed by atoms with van der Waals surface area (Å²) in [5.41, 5.74) is -0.742. The van der Waals surface area contributed by atoms with Crippen molar-refractivity contribution in [1.29, 1.82) is 0 Å². The molecule has 29 heavy (non-hydrogen) atoms. The molecule has 1 N–H and O–H groups in total. The molecule has 0 saturated carbocycles. The van der Waals surface area contributed by atoms with Gasteiger partial charge in [-0.1, -0.05) is 0 Å². The van der Waals surface area contributed by atoms with E-state index in [-0.39, 0.29) is 18.0 Å². The Kier molecular flexibility index (Phi) is 4.89. The topological polar surface area (TPSA) is 53.7 Å². The number of aromatic hydroxyl groups is 1. The Labute approximate surface area is 162 Å². The maximum atomic E-state index is 14.1. The van der Waals surface area contributed by atoms with Crippen molar-refractivity contribution in [1.82, 2.24) is 19.5 Å². The molecule has 1 atom stereocenters. The summed E-state index contributed by atoms with van der Waals surface area (Å²) in [5, 5.41) is 17.5. The molecule has 154 valence electrons. The van der Waals surface area contributed by atoms with Crippen LogP contribution in [-0.4, -0.2) is 37.7 Å². The van der Waals surface area contributed by atoms with E-state index in [1.807, 2.05) is 0 Å². The molecule has 10 heteroatoms. The third-order valence-electron chi connectivity index (χ3n) is 5.17. The van der Waals surface area contributed by atoms with Gasteiger partial charge in [0.2, 0.25) is 0 Å². The van der Waals surface area contributed by atoms with Crippen LogP contribution in [0.3, 0.4) is 0 Å². The van der Waals surface area contributed by atoms with Gasteiger partial charge in [-0.15, -0.1) is 10.2 Å². The molecule has 0 amide bonds. The fraction of sp³-hybridized carbons (Fsp3) is 0.368. The molecule has 1 aliphatic rings. The first kappa shape index (κ1) is 19.6. The first-order chi connectivity index (χ1) is 13.7. The Balaban J connectivity index is 1.60. The molecule has 3 heterocycles. The predicted octanol–water partition coefficient (Wildman–Crippen LogP) is 4.11. The van der Waals surface area contributed by atoms with Crippen LogP contribution in [0.15, 0.2) is 30.5 Å². The molecular weight excluding hydrogens is 395 g/mol. The Morgan fingerprint density at radius 1 is 1.10 bits per heavy atom. The maximum Gasteiger partial charge on any atom is 0.417 e. The van der Waals surface area contributed by atoms with Gasteiger partial charge < -0.3 is 5.11 Å². The molecule has 5 nitrogen and oxygen atoms in total. The van der Waals surface area contributed by atoms with E-state index in [1.165, 1.54) is 10.5 Å². The first-order valence-electron chi connectivity index (χ1n) is 9.04. The van der Waals surface area contributed by atoms with Gasteiger partial charge in [-0.05, 0) is 43.7 Å². The van der Waals surface area contributed by atoms with E-state index in [0.717, 1.165) is 24.4 Å². The van der Waals surface area contributed by atoms with Gasteiger partial charge in [0.15, 0.2) is 17.2 Å². The van der Waals surface area contributed by atoms with Crippen molar-refractivity contribution in [3.05, 3.63) is 59.0 Å². The fourth-order valence-electron chi connectivity index (χ4n) is 3.72. The second kappa shape index (κ2) is 7.25. The third-order valence-corrected chi connectivity index (χ3v) is 5.17. The second-order valence-corrected chi connectivity index (χ2v) is 7.14. The number of benzene rings is 1. The minimum atomic E-state index is -4.49. The Morgan fingerprint density at radius 2 is 1.90 bits per heavy atom. The summed E-state index contributed by atoms with van der Waals surface area (Å²) in [7, 11) is 0. The number of phenols is 1. The summed E-state index contributed by atoms with van der Waals surface area (Å²) in [4.78, 5) is 1.80. The molecule has 1 aliphatic heterocycles. The van der Waals surface area contributed by atoms with Crippen molar-refractivity contribution in [3.8, 4) is 5.75 Å². The van der Waals surface area contributed by atoms with Crippen molar-refractivity contribution in [2.75, 3.05) is 13.1 Å². The van der Waals surface area contributed by atoms with Gasteiger partial charge in [-0.2, -0.15) is 13.2 Å². The third kappa shape index (κ3) is 3.76. The largest absolute Gasteiger partial charge is 0.505 e. The van der Waals surface area contributed by atoms with E-state index in [1.54, 1.807) is 4.90 Å². The summed E-state index contributed by atoms with van der Waals surface area (Å²) in [6, 6.07) is 4.17. The fourth-order valence-corrected chi connectivity index (χ4v) is 3.72. The Hall–Kier alpha value is -2.75. The number of pyridine rings is 1. The second-order valence-electron chi connectivity index (χ2n) is 7.14. The van der Waals surface area contributed by atoms with E-state index in [4.69, 9.17) is 0 Å². The molecular formula is C19H17F5N4O. The summed E-state index contributed by atoms with van der Waals surface area (Å²) in [6.07, 6.45) is -2.17. The average Bonchev–Trinajstić information content (AvgIpc) is 3.11. The monoisotopic (exact) mass is 412 g/mol. The van der Waals surface area contributed by atoms with Gasteiger partial charge in [0, 0.05) is 30.8 Å². The highest BCUT2D eigenvalue weighted by atomic mass is 19.4.